The minimum Gasteiger partial charge on any atom is -0.369 e. The number of amides is 2. The highest BCUT2D eigenvalue weighted by molar-refractivity contribution is 7.18. The van der Waals surface area contributed by atoms with Crippen molar-refractivity contribution in [3.63, 3.8) is 0 Å². The first-order valence-electron chi connectivity index (χ1n) is 5.75. The number of anilines is 1. The van der Waals surface area contributed by atoms with E-state index < -0.39 is 12.1 Å². The molecule has 0 bridgehead atoms. The zero-order valence-electron chi connectivity index (χ0n) is 10.0. The molecule has 20 heavy (non-hydrogen) atoms. The molecular weight excluding hydrogens is 300 g/mol. The second-order valence-corrected chi connectivity index (χ2v) is 5.92. The second kappa shape index (κ2) is 4.90. The van der Waals surface area contributed by atoms with Crippen molar-refractivity contribution in [3.8, 4) is 0 Å². The van der Waals surface area contributed by atoms with Crippen LogP contribution in [0.2, 0.25) is 4.34 Å². The van der Waals surface area contributed by atoms with Gasteiger partial charge in [-0.15, -0.1) is 11.3 Å². The van der Waals surface area contributed by atoms with Crippen molar-refractivity contribution in [3.05, 3.63) is 50.7 Å². The van der Waals surface area contributed by atoms with Crippen LogP contribution >= 0.6 is 22.9 Å². The van der Waals surface area contributed by atoms with Gasteiger partial charge in [-0.25, -0.2) is 0 Å². The first kappa shape index (κ1) is 13.1. The fraction of sp³-hybridized carbons (Fsp3) is 0.0769. The van der Waals surface area contributed by atoms with E-state index in [1.165, 1.54) is 0 Å². The number of halogens is 1. The molecule has 1 aliphatic heterocycles. The molecule has 1 aromatic carbocycles. The number of nitrogens with one attached hydrogen (secondary N) is 2. The second-order valence-electron chi connectivity index (χ2n) is 4.20. The molecule has 7 heteroatoms. The monoisotopic (exact) mass is 308 g/mol. The van der Waals surface area contributed by atoms with Crippen LogP contribution in [0.4, 0.5) is 5.69 Å². The number of benzene rings is 1. The highest BCUT2D eigenvalue weighted by Gasteiger charge is 2.29. The maximum atomic E-state index is 12.1. The van der Waals surface area contributed by atoms with Gasteiger partial charge in [0.25, 0.3) is 11.8 Å². The third-order valence-electron chi connectivity index (χ3n) is 2.93. The molecule has 0 aliphatic carbocycles. The van der Waals surface area contributed by atoms with Gasteiger partial charge in [-0.3, -0.25) is 9.59 Å². The number of thiophene rings is 1. The molecule has 0 saturated carbocycles. The Morgan fingerprint density at radius 2 is 2.15 bits per heavy atom. The van der Waals surface area contributed by atoms with Crippen LogP contribution in [0.1, 0.15) is 31.8 Å². The lowest BCUT2D eigenvalue weighted by molar-refractivity contribution is 0.0851. The largest absolute Gasteiger partial charge is 0.369 e. The molecular formula is C13H9ClN2O3S. The molecule has 0 saturated heterocycles. The van der Waals surface area contributed by atoms with Gasteiger partial charge in [0.15, 0.2) is 6.23 Å². The molecule has 3 rings (SSSR count). The molecule has 3 N–H and O–H groups in total. The molecule has 5 nitrogen and oxygen atoms in total. The topological polar surface area (TPSA) is 78.4 Å². The van der Waals surface area contributed by atoms with Crippen molar-refractivity contribution in [2.24, 2.45) is 0 Å². The van der Waals surface area contributed by atoms with E-state index in [2.05, 4.69) is 10.6 Å². The van der Waals surface area contributed by atoms with Gasteiger partial charge in [-0.2, -0.15) is 0 Å². The normalized spacial score (nSPS) is 16.7. The van der Waals surface area contributed by atoms with Crippen LogP contribution in [0.3, 0.4) is 0 Å². The molecule has 1 aliphatic rings. The first-order valence-corrected chi connectivity index (χ1v) is 6.94. The van der Waals surface area contributed by atoms with E-state index in [1.54, 1.807) is 30.3 Å². The SMILES string of the molecule is O=C(Nc1cccc2c1C(=O)NC2O)c1ccc(Cl)s1. The van der Waals surface area contributed by atoms with E-state index in [0.29, 0.717) is 20.5 Å². The van der Waals surface area contributed by atoms with Crippen LogP contribution in [0, 0.1) is 0 Å². The van der Waals surface area contributed by atoms with Crippen molar-refractivity contribution in [2.75, 3.05) is 5.32 Å². The average molecular weight is 309 g/mol. The lowest BCUT2D eigenvalue weighted by Gasteiger charge is -2.08. The first-order chi connectivity index (χ1) is 9.56. The highest BCUT2D eigenvalue weighted by atomic mass is 35.5. The van der Waals surface area contributed by atoms with Crippen molar-refractivity contribution >= 4 is 40.4 Å². The Kier molecular flexibility index (Phi) is 3.21. The van der Waals surface area contributed by atoms with Crippen molar-refractivity contribution < 1.29 is 14.7 Å². The standard InChI is InChI=1S/C13H9ClN2O3S/c14-9-5-4-8(20-9)12(18)15-7-3-1-2-6-10(7)13(19)16-11(6)17/h1-5,11,17H,(H,15,18)(H,16,19). The number of fused-ring (bicyclic) bond motifs is 1. The fourth-order valence-corrected chi connectivity index (χ4v) is 2.99. The maximum absolute atomic E-state index is 12.1. The van der Waals surface area contributed by atoms with Gasteiger partial charge in [0.2, 0.25) is 0 Å². The molecule has 2 amide bonds. The van der Waals surface area contributed by atoms with Crippen molar-refractivity contribution in [1.82, 2.24) is 5.32 Å². The molecule has 0 spiro atoms. The van der Waals surface area contributed by atoms with E-state index in [9.17, 15) is 14.7 Å². The van der Waals surface area contributed by atoms with E-state index in [0.717, 1.165) is 11.3 Å². The molecule has 2 heterocycles. The van der Waals surface area contributed by atoms with E-state index in [-0.39, 0.29) is 11.5 Å². The van der Waals surface area contributed by atoms with Crippen LogP contribution < -0.4 is 10.6 Å². The highest BCUT2D eigenvalue weighted by Crippen LogP contribution is 2.30. The van der Waals surface area contributed by atoms with Gasteiger partial charge in [0.1, 0.15) is 0 Å². The van der Waals surface area contributed by atoms with E-state index >= 15 is 0 Å². The summed E-state index contributed by atoms with van der Waals surface area (Å²) in [5.41, 5.74) is 1.11. The number of rotatable bonds is 2. The summed E-state index contributed by atoms with van der Waals surface area (Å²) in [7, 11) is 0. The Labute approximate surface area is 123 Å². The summed E-state index contributed by atoms with van der Waals surface area (Å²) in [5, 5.41) is 14.7. The van der Waals surface area contributed by atoms with Crippen LogP contribution in [-0.2, 0) is 0 Å². The summed E-state index contributed by atoms with van der Waals surface area (Å²) in [6, 6.07) is 8.16. The number of carbonyl (C=O) groups excluding carboxylic acids is 2. The summed E-state index contributed by atoms with van der Waals surface area (Å²) in [4.78, 5) is 24.3. The van der Waals surface area contributed by atoms with Gasteiger partial charge in [0.05, 0.1) is 20.5 Å². The molecule has 102 valence electrons. The third-order valence-corrected chi connectivity index (χ3v) is 4.16. The number of aliphatic hydroxyl groups is 1. The summed E-state index contributed by atoms with van der Waals surface area (Å²) in [6.45, 7) is 0. The molecule has 1 atom stereocenters. The number of hydrogen-bond acceptors (Lipinski definition) is 4. The zero-order chi connectivity index (χ0) is 14.3. The van der Waals surface area contributed by atoms with Gasteiger partial charge >= 0.3 is 0 Å². The van der Waals surface area contributed by atoms with E-state index in [4.69, 9.17) is 11.6 Å². The predicted octanol–water partition coefficient (Wildman–Crippen LogP) is 2.39. The molecule has 2 aromatic rings. The average Bonchev–Trinajstić information content (AvgIpc) is 2.96. The van der Waals surface area contributed by atoms with Crippen LogP contribution in [0.15, 0.2) is 30.3 Å². The Morgan fingerprint density at radius 3 is 2.85 bits per heavy atom. The van der Waals surface area contributed by atoms with Crippen LogP contribution in [0.25, 0.3) is 0 Å². The summed E-state index contributed by atoms with van der Waals surface area (Å²) < 4.78 is 0.515. The Balaban J connectivity index is 1.93. The quantitative estimate of drug-likeness (QED) is 0.797. The van der Waals surface area contributed by atoms with Crippen LogP contribution in [-0.4, -0.2) is 16.9 Å². The lowest BCUT2D eigenvalue weighted by atomic mass is 10.1. The van der Waals surface area contributed by atoms with Gasteiger partial charge in [-0.1, -0.05) is 23.7 Å². The van der Waals surface area contributed by atoms with Gasteiger partial charge in [-0.05, 0) is 18.2 Å². The number of hydrogen-bond donors (Lipinski definition) is 3. The zero-order valence-corrected chi connectivity index (χ0v) is 11.6. The fourth-order valence-electron chi connectivity index (χ4n) is 2.05. The smallest absolute Gasteiger partial charge is 0.265 e. The molecule has 0 fully saturated rings. The maximum Gasteiger partial charge on any atom is 0.265 e. The number of carbonyl (C=O) groups is 2. The predicted molar refractivity (Wildman–Crippen MR) is 76.2 cm³/mol. The minimum absolute atomic E-state index is 0.288. The van der Waals surface area contributed by atoms with Gasteiger partial charge in [0, 0.05) is 5.56 Å². The third kappa shape index (κ3) is 2.18. The van der Waals surface area contributed by atoms with Crippen molar-refractivity contribution in [1.29, 1.82) is 0 Å². The lowest BCUT2D eigenvalue weighted by Crippen LogP contribution is -2.19. The molecule has 0 radical (unpaired) electrons. The summed E-state index contributed by atoms with van der Waals surface area (Å²) in [5.74, 6) is -0.753. The Bertz CT molecular complexity index is 713. The summed E-state index contributed by atoms with van der Waals surface area (Å²) >= 11 is 6.94. The van der Waals surface area contributed by atoms with Gasteiger partial charge < -0.3 is 15.7 Å². The summed E-state index contributed by atoms with van der Waals surface area (Å²) in [6.07, 6.45) is -1.04. The number of aliphatic hydroxyl groups excluding tert-OH is 1. The Hall–Kier alpha value is -1.89. The Morgan fingerprint density at radius 1 is 1.35 bits per heavy atom. The van der Waals surface area contributed by atoms with Crippen molar-refractivity contribution in [2.45, 2.75) is 6.23 Å². The molecule has 1 aromatic heterocycles. The molecule has 1 unspecified atom stereocenters. The minimum atomic E-state index is -1.04. The van der Waals surface area contributed by atoms with E-state index in [1.807, 2.05) is 0 Å². The van der Waals surface area contributed by atoms with Crippen LogP contribution in [0.5, 0.6) is 0 Å².